The maximum atomic E-state index is 11.4. The van der Waals surface area contributed by atoms with Crippen LogP contribution in [0.3, 0.4) is 0 Å². The SMILES string of the molecule is CCOC(=O)c1nnc(SC)n(C)c1=S. The van der Waals surface area contributed by atoms with Gasteiger partial charge in [0, 0.05) is 7.05 Å². The zero-order chi connectivity index (χ0) is 11.4. The van der Waals surface area contributed by atoms with Crippen LogP contribution in [-0.2, 0) is 11.8 Å². The maximum Gasteiger partial charge on any atom is 0.361 e. The van der Waals surface area contributed by atoms with Crippen LogP contribution in [0.15, 0.2) is 5.16 Å². The molecule has 0 atom stereocenters. The third-order valence-corrected chi connectivity index (χ3v) is 2.87. The Balaban J connectivity index is 3.18. The predicted molar refractivity (Wildman–Crippen MR) is 59.6 cm³/mol. The molecule has 0 fully saturated rings. The summed E-state index contributed by atoms with van der Waals surface area (Å²) in [6.45, 7) is 2.02. The van der Waals surface area contributed by atoms with Crippen molar-refractivity contribution in [3.63, 3.8) is 0 Å². The molecule has 0 aliphatic heterocycles. The van der Waals surface area contributed by atoms with Gasteiger partial charge in [0.1, 0.15) is 4.64 Å². The molecule has 82 valence electrons. The highest BCUT2D eigenvalue weighted by molar-refractivity contribution is 7.98. The molecular formula is C8H11N3O2S2. The van der Waals surface area contributed by atoms with E-state index in [-0.39, 0.29) is 5.69 Å². The lowest BCUT2D eigenvalue weighted by Crippen LogP contribution is -2.14. The Labute approximate surface area is 96.9 Å². The highest BCUT2D eigenvalue weighted by Gasteiger charge is 2.14. The Morgan fingerprint density at radius 1 is 1.60 bits per heavy atom. The molecule has 0 spiro atoms. The van der Waals surface area contributed by atoms with Gasteiger partial charge in [0.25, 0.3) is 0 Å². The molecule has 1 heterocycles. The minimum Gasteiger partial charge on any atom is -0.461 e. The molecule has 15 heavy (non-hydrogen) atoms. The van der Waals surface area contributed by atoms with E-state index in [0.717, 1.165) is 0 Å². The summed E-state index contributed by atoms with van der Waals surface area (Å²) in [6.07, 6.45) is 1.86. The Morgan fingerprint density at radius 3 is 2.80 bits per heavy atom. The van der Waals surface area contributed by atoms with E-state index in [9.17, 15) is 4.79 Å². The molecule has 0 unspecified atom stereocenters. The van der Waals surface area contributed by atoms with E-state index < -0.39 is 5.97 Å². The van der Waals surface area contributed by atoms with Gasteiger partial charge in [-0.05, 0) is 13.2 Å². The van der Waals surface area contributed by atoms with Crippen molar-refractivity contribution in [1.82, 2.24) is 14.8 Å². The molecular weight excluding hydrogens is 234 g/mol. The van der Waals surface area contributed by atoms with Crippen LogP contribution < -0.4 is 0 Å². The number of thioether (sulfide) groups is 1. The Hall–Kier alpha value is -0.950. The first-order chi connectivity index (χ1) is 7.11. The van der Waals surface area contributed by atoms with E-state index >= 15 is 0 Å². The van der Waals surface area contributed by atoms with Crippen LogP contribution in [0.2, 0.25) is 0 Å². The molecule has 0 aliphatic rings. The summed E-state index contributed by atoms with van der Waals surface area (Å²) in [4.78, 5) is 11.4. The van der Waals surface area contributed by atoms with Gasteiger partial charge in [0.2, 0.25) is 5.69 Å². The third-order valence-electron chi connectivity index (χ3n) is 1.68. The zero-order valence-electron chi connectivity index (χ0n) is 8.68. The van der Waals surface area contributed by atoms with E-state index in [1.165, 1.54) is 11.8 Å². The summed E-state index contributed by atoms with van der Waals surface area (Å²) in [6, 6.07) is 0. The molecule has 0 saturated carbocycles. The number of hydrogen-bond acceptors (Lipinski definition) is 6. The topological polar surface area (TPSA) is 57.0 Å². The van der Waals surface area contributed by atoms with Gasteiger partial charge < -0.3 is 9.30 Å². The molecule has 0 aliphatic carbocycles. The number of esters is 1. The zero-order valence-corrected chi connectivity index (χ0v) is 10.3. The molecule has 1 aromatic rings. The Morgan fingerprint density at radius 2 is 2.27 bits per heavy atom. The van der Waals surface area contributed by atoms with Crippen molar-refractivity contribution < 1.29 is 9.53 Å². The number of hydrogen-bond donors (Lipinski definition) is 0. The van der Waals surface area contributed by atoms with Crippen molar-refractivity contribution in [2.24, 2.45) is 7.05 Å². The predicted octanol–water partition coefficient (Wildman–Crippen LogP) is 1.44. The fourth-order valence-corrected chi connectivity index (χ4v) is 1.71. The van der Waals surface area contributed by atoms with E-state index in [0.29, 0.717) is 16.4 Å². The summed E-state index contributed by atoms with van der Waals surface area (Å²) in [5.41, 5.74) is 0.0900. The van der Waals surface area contributed by atoms with Crippen LogP contribution >= 0.6 is 24.0 Å². The van der Waals surface area contributed by atoms with Crippen molar-refractivity contribution in [2.75, 3.05) is 12.9 Å². The largest absolute Gasteiger partial charge is 0.461 e. The van der Waals surface area contributed by atoms with E-state index in [1.54, 1.807) is 18.5 Å². The van der Waals surface area contributed by atoms with Crippen LogP contribution in [0.25, 0.3) is 0 Å². The molecule has 1 rings (SSSR count). The first-order valence-corrected chi connectivity index (χ1v) is 5.90. The van der Waals surface area contributed by atoms with Gasteiger partial charge in [-0.2, -0.15) is 0 Å². The molecule has 7 heteroatoms. The lowest BCUT2D eigenvalue weighted by molar-refractivity contribution is 0.0515. The summed E-state index contributed by atoms with van der Waals surface area (Å²) in [7, 11) is 1.74. The van der Waals surface area contributed by atoms with Gasteiger partial charge in [-0.15, -0.1) is 10.2 Å². The average molecular weight is 245 g/mol. The maximum absolute atomic E-state index is 11.4. The van der Waals surface area contributed by atoms with Crippen molar-refractivity contribution in [3.05, 3.63) is 10.3 Å². The molecule has 0 bridgehead atoms. The van der Waals surface area contributed by atoms with Crippen molar-refractivity contribution >= 4 is 29.9 Å². The molecule has 0 N–H and O–H groups in total. The average Bonchev–Trinajstić information content (AvgIpc) is 2.22. The number of carbonyl (C=O) groups excluding carboxylic acids is 1. The minimum atomic E-state index is -0.529. The summed E-state index contributed by atoms with van der Waals surface area (Å²) in [5.74, 6) is -0.529. The molecule has 5 nitrogen and oxygen atoms in total. The molecule has 0 saturated heterocycles. The molecule has 0 amide bonds. The van der Waals surface area contributed by atoms with E-state index in [1.807, 2.05) is 6.26 Å². The minimum absolute atomic E-state index is 0.0900. The molecule has 0 radical (unpaired) electrons. The summed E-state index contributed by atoms with van der Waals surface area (Å²) < 4.78 is 6.79. The first-order valence-electron chi connectivity index (χ1n) is 4.26. The highest BCUT2D eigenvalue weighted by atomic mass is 32.2. The van der Waals surface area contributed by atoms with Crippen LogP contribution in [0.1, 0.15) is 17.4 Å². The second-order valence-corrected chi connectivity index (χ2v) is 3.78. The molecule has 1 aromatic heterocycles. The van der Waals surface area contributed by atoms with Crippen molar-refractivity contribution in [2.45, 2.75) is 12.1 Å². The Bertz CT molecular complexity index is 430. The number of nitrogens with zero attached hydrogens (tertiary/aromatic N) is 3. The third kappa shape index (κ3) is 2.54. The quantitative estimate of drug-likeness (QED) is 0.456. The van der Waals surface area contributed by atoms with E-state index in [4.69, 9.17) is 17.0 Å². The fraction of sp³-hybridized carbons (Fsp3) is 0.500. The van der Waals surface area contributed by atoms with Crippen molar-refractivity contribution in [1.29, 1.82) is 0 Å². The van der Waals surface area contributed by atoms with Gasteiger partial charge in [0.05, 0.1) is 6.61 Å². The van der Waals surface area contributed by atoms with Crippen LogP contribution in [0, 0.1) is 4.64 Å². The number of rotatable bonds is 3. The first kappa shape index (κ1) is 12.1. The van der Waals surface area contributed by atoms with Crippen LogP contribution in [0.4, 0.5) is 0 Å². The summed E-state index contributed by atoms with van der Waals surface area (Å²) >= 11 is 6.50. The number of ether oxygens (including phenoxy) is 1. The van der Waals surface area contributed by atoms with Gasteiger partial charge in [0.15, 0.2) is 5.16 Å². The number of aromatic nitrogens is 3. The van der Waals surface area contributed by atoms with Gasteiger partial charge in [-0.1, -0.05) is 24.0 Å². The second kappa shape index (κ2) is 5.22. The fourth-order valence-electron chi connectivity index (χ4n) is 0.954. The van der Waals surface area contributed by atoms with Crippen molar-refractivity contribution in [3.8, 4) is 0 Å². The van der Waals surface area contributed by atoms with Gasteiger partial charge in [-0.3, -0.25) is 0 Å². The standard InChI is InChI=1S/C8H11N3O2S2/c1-4-13-7(12)5-6(14)11(2)8(15-3)10-9-5/h4H2,1-3H3. The molecule has 0 aromatic carbocycles. The second-order valence-electron chi connectivity index (χ2n) is 2.62. The van der Waals surface area contributed by atoms with E-state index in [2.05, 4.69) is 10.2 Å². The lowest BCUT2D eigenvalue weighted by Gasteiger charge is -2.06. The monoisotopic (exact) mass is 245 g/mol. The number of carbonyl (C=O) groups is 1. The Kier molecular flexibility index (Phi) is 4.22. The van der Waals surface area contributed by atoms with Crippen LogP contribution in [0.5, 0.6) is 0 Å². The van der Waals surface area contributed by atoms with Gasteiger partial charge >= 0.3 is 5.97 Å². The van der Waals surface area contributed by atoms with Gasteiger partial charge in [-0.25, -0.2) is 4.79 Å². The van der Waals surface area contributed by atoms with Crippen LogP contribution in [-0.4, -0.2) is 33.6 Å². The highest BCUT2D eigenvalue weighted by Crippen LogP contribution is 2.11. The lowest BCUT2D eigenvalue weighted by atomic mass is 10.5. The smallest absolute Gasteiger partial charge is 0.361 e. The normalized spacial score (nSPS) is 10.1. The summed E-state index contributed by atoms with van der Waals surface area (Å²) in [5, 5.41) is 8.29.